The monoisotopic (exact) mass is 1110 g/mol. The molecule has 0 saturated carbocycles. The van der Waals surface area contributed by atoms with E-state index in [0.29, 0.717) is 33.0 Å². The van der Waals surface area contributed by atoms with Crippen LogP contribution in [0.3, 0.4) is 0 Å². The molecule has 77 heavy (non-hydrogen) atoms. The molecule has 0 aromatic rings. The number of hydrogen-bond donors (Lipinski definition) is 13. The van der Waals surface area contributed by atoms with Crippen LogP contribution in [0.5, 0.6) is 0 Å². The van der Waals surface area contributed by atoms with Crippen LogP contribution in [0.1, 0.15) is 52.9 Å². The fourth-order valence-electron chi connectivity index (χ4n) is 7.54. The van der Waals surface area contributed by atoms with Crippen LogP contribution >= 0.6 is 0 Å². The van der Waals surface area contributed by atoms with E-state index < -0.39 is 160 Å². The molecule has 0 aromatic carbocycles. The molecule has 0 fully saturated rings. The van der Waals surface area contributed by atoms with Gasteiger partial charge in [0.15, 0.2) is 18.0 Å². The number of nitrogens with two attached hydrogens (primary N) is 4. The van der Waals surface area contributed by atoms with Crippen molar-refractivity contribution in [1.29, 1.82) is 0 Å². The summed E-state index contributed by atoms with van der Waals surface area (Å²) < 4.78 is 54.9. The zero-order chi connectivity index (χ0) is 57.3. The van der Waals surface area contributed by atoms with E-state index in [1.165, 1.54) is 6.08 Å². The molecule has 0 aliphatic carbocycles. The van der Waals surface area contributed by atoms with Crippen LogP contribution in [-0.4, -0.2) is 238 Å². The first-order valence-corrected chi connectivity index (χ1v) is 24.9. The van der Waals surface area contributed by atoms with Gasteiger partial charge in [-0.25, -0.2) is 24.4 Å². The number of carbonyl (C=O) groups excluding carboxylic acids is 4. The number of carboxylic acids is 2. The van der Waals surface area contributed by atoms with Gasteiger partial charge in [0.25, 0.3) is 0 Å². The maximum atomic E-state index is 13.4. The van der Waals surface area contributed by atoms with Crippen LogP contribution in [0.2, 0.25) is 0 Å². The number of aliphatic carboxylic acids is 2. The normalized spacial score (nSPS) is 20.9. The van der Waals surface area contributed by atoms with Gasteiger partial charge in [0.2, 0.25) is 23.3 Å². The number of alkyl carbamates (subject to hydrolysis) is 1. The predicted molar refractivity (Wildman–Crippen MR) is 267 cm³/mol. The van der Waals surface area contributed by atoms with Crippen molar-refractivity contribution in [2.45, 2.75) is 114 Å². The van der Waals surface area contributed by atoms with E-state index in [0.717, 1.165) is 19.4 Å². The zero-order valence-corrected chi connectivity index (χ0v) is 43.6. The number of esters is 1. The highest BCUT2D eigenvalue weighted by atomic mass is 16.6. The number of carbonyl (C=O) groups is 6. The van der Waals surface area contributed by atoms with Crippen molar-refractivity contribution in [1.82, 2.24) is 16.0 Å². The van der Waals surface area contributed by atoms with Crippen molar-refractivity contribution in [2.75, 3.05) is 99.0 Å². The minimum atomic E-state index is -1.70. The summed E-state index contributed by atoms with van der Waals surface area (Å²) in [7, 11) is 0. The van der Waals surface area contributed by atoms with Crippen molar-refractivity contribution in [2.24, 2.45) is 38.8 Å². The van der Waals surface area contributed by atoms with Crippen LogP contribution in [-0.2, 0) is 71.3 Å². The molecule has 0 aromatic heterocycles. The summed E-state index contributed by atoms with van der Waals surface area (Å²) in [6, 6.07) is -4.49. The third kappa shape index (κ3) is 26.2. The van der Waals surface area contributed by atoms with Crippen molar-refractivity contribution < 1.29 is 107 Å². The smallest absolute Gasteiger partial charge is 0.407 e. The lowest BCUT2D eigenvalue weighted by Crippen LogP contribution is -2.60. The number of aliphatic hydroxyl groups is 4. The first-order valence-electron chi connectivity index (χ1n) is 24.9. The number of guanidine groups is 2. The van der Waals surface area contributed by atoms with E-state index in [1.807, 2.05) is 6.92 Å². The molecule has 0 saturated heterocycles. The minimum Gasteiger partial charge on any atom is -0.480 e. The fraction of sp³-hybridized carbons (Fsp3) is 0.739. The van der Waals surface area contributed by atoms with Crippen molar-refractivity contribution in [3.63, 3.8) is 0 Å². The van der Waals surface area contributed by atoms with E-state index in [4.69, 9.17) is 70.3 Å². The molecule has 31 nitrogen and oxygen atoms in total. The van der Waals surface area contributed by atoms with Crippen LogP contribution < -0.4 is 38.9 Å². The summed E-state index contributed by atoms with van der Waals surface area (Å²) in [5.41, 5.74) is 22.1. The molecule has 2 heterocycles. The second-order valence-corrected chi connectivity index (χ2v) is 17.2. The number of aliphatic imine (C=N–C) groups is 2. The van der Waals surface area contributed by atoms with Crippen LogP contribution in [0.15, 0.2) is 33.7 Å². The van der Waals surface area contributed by atoms with Gasteiger partial charge in [-0.3, -0.25) is 14.4 Å². The number of rotatable bonds is 40. The quantitative estimate of drug-likeness (QED) is 0.0119. The third-order valence-electron chi connectivity index (χ3n) is 11.1. The number of hydrogen-bond acceptors (Lipinski definition) is 22. The number of carboxylic acid groups (broad SMARTS) is 2. The number of nitrogens with one attached hydrogen (secondary N) is 3. The van der Waals surface area contributed by atoms with Gasteiger partial charge >= 0.3 is 24.0 Å². The van der Waals surface area contributed by atoms with E-state index in [2.05, 4.69) is 25.9 Å². The number of amides is 3. The van der Waals surface area contributed by atoms with Gasteiger partial charge in [-0.05, 0) is 31.4 Å². The van der Waals surface area contributed by atoms with Crippen LogP contribution in [0, 0.1) is 5.92 Å². The van der Waals surface area contributed by atoms with E-state index in [-0.39, 0.29) is 58.0 Å². The average molecular weight is 1110 g/mol. The summed E-state index contributed by atoms with van der Waals surface area (Å²) in [5.74, 6) is -7.55. The average Bonchev–Trinajstić information content (AvgIpc) is 3.37. The van der Waals surface area contributed by atoms with Gasteiger partial charge in [0, 0.05) is 32.4 Å². The summed E-state index contributed by atoms with van der Waals surface area (Å²) >= 11 is 0. The fourth-order valence-corrected chi connectivity index (χ4v) is 7.54. The molecule has 11 atom stereocenters. The largest absolute Gasteiger partial charge is 0.480 e. The Bertz CT molecular complexity index is 1940. The molecule has 0 radical (unpaired) electrons. The number of ether oxygens (including phenoxy) is 10. The lowest BCUT2D eigenvalue weighted by Gasteiger charge is -2.40. The summed E-state index contributed by atoms with van der Waals surface area (Å²) in [4.78, 5) is 83.0. The van der Waals surface area contributed by atoms with Gasteiger partial charge < -0.3 is 117 Å². The van der Waals surface area contributed by atoms with E-state index in [9.17, 15) is 59.4 Å². The van der Waals surface area contributed by atoms with Gasteiger partial charge in [-0.2, -0.15) is 0 Å². The lowest BCUT2D eigenvalue weighted by atomic mass is 9.87. The molecule has 0 unspecified atom stereocenters. The van der Waals surface area contributed by atoms with Gasteiger partial charge in [0.05, 0.1) is 90.8 Å². The SMILES string of the molecule is CCCOCCOCCOCCOCCNC(=O)[C@@H](CCCCC(=O)OCCO[C@@H]([C@@H]1OC(C(=O)O)=C[C@H](N=C(N)N)[C@H]1NC(C)=O)[C@H](O)CO)NC(=O)OCCO[C@@H]([C@@H]1OC(C(=O)O)=C[C@H](N=C(N)N)[C@H]1C)[C@H](O)CO. The second kappa shape index (κ2) is 37.6. The van der Waals surface area contributed by atoms with Crippen molar-refractivity contribution >= 4 is 47.7 Å². The Kier molecular flexibility index (Phi) is 32.7. The third-order valence-corrected chi connectivity index (χ3v) is 11.1. The highest BCUT2D eigenvalue weighted by Gasteiger charge is 2.46. The molecular formula is C46H79N9O22. The van der Waals surface area contributed by atoms with Crippen molar-refractivity contribution in [3.05, 3.63) is 23.7 Å². The molecule has 2 aliphatic heterocycles. The minimum absolute atomic E-state index is 0.00140. The van der Waals surface area contributed by atoms with Gasteiger partial charge in [0.1, 0.15) is 49.8 Å². The van der Waals surface area contributed by atoms with Crippen LogP contribution in [0.25, 0.3) is 0 Å². The van der Waals surface area contributed by atoms with E-state index in [1.54, 1.807) is 6.92 Å². The molecule has 31 heteroatoms. The maximum absolute atomic E-state index is 13.4. The standard InChI is InChI=1S/C46H79N9O22/c1-4-10-68-12-14-70-16-17-71-15-13-69-11-9-51-41(62)28(55-46(67)75-21-20-73-38(31(59)24-56)37-26(2)29(53-44(47)48)22-33(76-37)42(63)64)7-5-6-8-35(61)72-18-19-74-39(32(60)25-57)40-36(52-27(3)58)30(54-45(49)50)23-34(77-40)43(65)66/h22-23,26,28-32,36-40,56-57,59-60H,4-21,24-25H2,1-3H3,(H,51,62)(H,52,58)(H,55,67)(H,63,64)(H,65,66)(H4,47,48,53)(H4,49,50,54)/t26-,28-,29+,30+,31-,32-,36-,37-,38-,39-,40-/m1/s1. The number of aliphatic hydroxyl groups excluding tert-OH is 4. The molecular weight excluding hydrogens is 1030 g/mol. The lowest BCUT2D eigenvalue weighted by molar-refractivity contribution is -0.161. The van der Waals surface area contributed by atoms with Gasteiger partial charge in [-0.15, -0.1) is 0 Å². The highest BCUT2D eigenvalue weighted by molar-refractivity contribution is 5.86. The summed E-state index contributed by atoms with van der Waals surface area (Å²) in [6.07, 6.45) is -6.57. The molecule has 17 N–H and O–H groups in total. The van der Waals surface area contributed by atoms with Crippen molar-refractivity contribution in [3.8, 4) is 0 Å². The Balaban J connectivity index is 2.02. The molecule has 0 spiro atoms. The molecule has 440 valence electrons. The molecule has 0 bridgehead atoms. The Morgan fingerprint density at radius 3 is 1.69 bits per heavy atom. The zero-order valence-electron chi connectivity index (χ0n) is 43.6. The maximum Gasteiger partial charge on any atom is 0.407 e. The Morgan fingerprint density at radius 2 is 1.17 bits per heavy atom. The summed E-state index contributed by atoms with van der Waals surface area (Å²) in [6.45, 7) is 4.37. The Labute approximate surface area is 444 Å². The first-order chi connectivity index (χ1) is 36.7. The predicted octanol–water partition coefficient (Wildman–Crippen LogP) is -4.59. The Morgan fingerprint density at radius 1 is 0.675 bits per heavy atom. The topological polar surface area (TPSA) is 481 Å². The molecule has 2 rings (SSSR count). The van der Waals surface area contributed by atoms with E-state index >= 15 is 0 Å². The number of nitrogens with zero attached hydrogens (tertiary/aromatic N) is 2. The van der Waals surface area contributed by atoms with Crippen LogP contribution in [0.4, 0.5) is 4.79 Å². The number of unbranched alkanes of at least 4 members (excludes halogenated alkanes) is 1. The first kappa shape index (κ1) is 67.0. The highest BCUT2D eigenvalue weighted by Crippen LogP contribution is 2.31. The molecule has 2 aliphatic rings. The Hall–Kier alpha value is -6.16. The molecule has 3 amide bonds. The van der Waals surface area contributed by atoms with Gasteiger partial charge in [-0.1, -0.05) is 20.3 Å². The summed E-state index contributed by atoms with van der Waals surface area (Å²) in [5, 5.41) is 67.9. The second-order valence-electron chi connectivity index (χ2n) is 17.2.